The van der Waals surface area contributed by atoms with Crippen molar-refractivity contribution in [3.05, 3.63) is 28.6 Å². The van der Waals surface area contributed by atoms with Crippen molar-refractivity contribution in [2.24, 2.45) is 5.73 Å². The summed E-state index contributed by atoms with van der Waals surface area (Å²) in [5, 5.41) is 8.83. The van der Waals surface area contributed by atoms with Crippen LogP contribution < -0.4 is 5.73 Å². The van der Waals surface area contributed by atoms with Gasteiger partial charge < -0.3 is 10.5 Å². The topological polar surface area (TPSA) is 89.0 Å². The van der Waals surface area contributed by atoms with Crippen LogP contribution in [0.1, 0.15) is 33.6 Å². The molecule has 17 heavy (non-hydrogen) atoms. The first-order valence-corrected chi connectivity index (χ1v) is 4.55. The zero-order valence-electron chi connectivity index (χ0n) is 8.91. The second-order valence-corrected chi connectivity index (χ2v) is 3.02. The number of aromatic nitrogens is 1. The van der Waals surface area contributed by atoms with Crippen LogP contribution in [-0.2, 0) is 11.3 Å². The van der Waals surface area contributed by atoms with Gasteiger partial charge in [0.05, 0.1) is 18.2 Å². The van der Waals surface area contributed by atoms with Gasteiger partial charge in [-0.1, -0.05) is 0 Å². The molecule has 1 aromatic heterocycles. The van der Waals surface area contributed by atoms with Crippen LogP contribution in [0.2, 0.25) is 0 Å². The molecule has 0 saturated heterocycles. The molecular weight excluding hydrogens is 232 g/mol. The van der Waals surface area contributed by atoms with E-state index in [0.29, 0.717) is 0 Å². The number of nitrogens with zero attached hydrogens (tertiary/aromatic N) is 2. The van der Waals surface area contributed by atoms with Crippen LogP contribution in [0.25, 0.3) is 0 Å². The maximum Gasteiger partial charge on any atom is 0.339 e. The number of rotatable bonds is 3. The standard InChI is InChI=1S/C10H9F2N3O2/c1-17-10(16)7-4-15-8(9(11)12)6(3-14)5(7)2-13/h4,9H,2,13H2,1H3. The lowest BCUT2D eigenvalue weighted by Crippen LogP contribution is -2.14. The summed E-state index contributed by atoms with van der Waals surface area (Å²) in [6.07, 6.45) is -1.96. The van der Waals surface area contributed by atoms with E-state index < -0.39 is 18.1 Å². The number of carbonyl (C=O) groups excluding carboxylic acids is 1. The van der Waals surface area contributed by atoms with Crippen LogP contribution in [0.5, 0.6) is 0 Å². The Bertz CT molecular complexity index is 483. The van der Waals surface area contributed by atoms with Gasteiger partial charge in [0.1, 0.15) is 11.8 Å². The van der Waals surface area contributed by atoms with Gasteiger partial charge in [-0.3, -0.25) is 4.98 Å². The number of pyridine rings is 1. The second-order valence-electron chi connectivity index (χ2n) is 3.02. The molecule has 1 heterocycles. The lowest BCUT2D eigenvalue weighted by atomic mass is 10.0. The monoisotopic (exact) mass is 241 g/mol. The molecule has 1 aromatic rings. The van der Waals surface area contributed by atoms with Crippen molar-refractivity contribution in [2.75, 3.05) is 7.11 Å². The van der Waals surface area contributed by atoms with Crippen LogP contribution in [0, 0.1) is 11.3 Å². The van der Waals surface area contributed by atoms with Gasteiger partial charge in [0.15, 0.2) is 0 Å². The first-order chi connectivity index (χ1) is 8.06. The minimum atomic E-state index is -2.90. The molecule has 0 aliphatic rings. The van der Waals surface area contributed by atoms with Gasteiger partial charge in [0.25, 0.3) is 6.43 Å². The predicted molar refractivity (Wildman–Crippen MR) is 53.1 cm³/mol. The fraction of sp³-hybridized carbons (Fsp3) is 0.300. The van der Waals surface area contributed by atoms with Gasteiger partial charge in [-0.15, -0.1) is 0 Å². The molecule has 0 radical (unpaired) electrons. The van der Waals surface area contributed by atoms with E-state index in [1.807, 2.05) is 0 Å². The van der Waals surface area contributed by atoms with Crippen molar-refractivity contribution in [3.8, 4) is 6.07 Å². The minimum absolute atomic E-state index is 0.0182. The lowest BCUT2D eigenvalue weighted by Gasteiger charge is -2.10. The van der Waals surface area contributed by atoms with Crippen LogP contribution in [0.4, 0.5) is 8.78 Å². The van der Waals surface area contributed by atoms with E-state index in [0.717, 1.165) is 13.3 Å². The number of nitrogens with two attached hydrogens (primary N) is 1. The third-order valence-electron chi connectivity index (χ3n) is 2.14. The smallest absolute Gasteiger partial charge is 0.339 e. The molecule has 1 rings (SSSR count). The van der Waals surface area contributed by atoms with Crippen molar-refractivity contribution in [2.45, 2.75) is 13.0 Å². The average molecular weight is 241 g/mol. The van der Waals surface area contributed by atoms with Crippen molar-refractivity contribution in [3.63, 3.8) is 0 Å². The van der Waals surface area contributed by atoms with E-state index in [9.17, 15) is 13.6 Å². The molecule has 0 aromatic carbocycles. The number of carbonyl (C=O) groups is 1. The number of nitriles is 1. The number of methoxy groups -OCH3 is 1. The van der Waals surface area contributed by atoms with Gasteiger partial charge in [0.2, 0.25) is 0 Å². The summed E-state index contributed by atoms with van der Waals surface area (Å²) in [5.41, 5.74) is 4.25. The Balaban J connectivity index is 3.50. The molecule has 0 atom stereocenters. The molecule has 0 bridgehead atoms. The van der Waals surface area contributed by atoms with Gasteiger partial charge in [-0.25, -0.2) is 13.6 Å². The normalized spacial score (nSPS) is 10.1. The van der Waals surface area contributed by atoms with Crippen molar-refractivity contribution < 1.29 is 18.3 Å². The van der Waals surface area contributed by atoms with Gasteiger partial charge in [-0.2, -0.15) is 5.26 Å². The number of hydrogen-bond donors (Lipinski definition) is 1. The molecule has 0 aliphatic carbocycles. The van der Waals surface area contributed by atoms with E-state index in [-0.39, 0.29) is 23.2 Å². The van der Waals surface area contributed by atoms with Gasteiger partial charge >= 0.3 is 5.97 Å². The molecule has 0 spiro atoms. The molecule has 0 amide bonds. The first kappa shape index (κ1) is 13.0. The van der Waals surface area contributed by atoms with Crippen LogP contribution >= 0.6 is 0 Å². The Kier molecular flexibility index (Phi) is 4.06. The molecule has 0 fully saturated rings. The molecule has 90 valence electrons. The SMILES string of the molecule is COC(=O)c1cnc(C(F)F)c(C#N)c1CN. The van der Waals surface area contributed by atoms with Crippen molar-refractivity contribution in [1.82, 2.24) is 4.98 Å². The largest absolute Gasteiger partial charge is 0.465 e. The Hall–Kier alpha value is -2.07. The highest BCUT2D eigenvalue weighted by Gasteiger charge is 2.23. The predicted octanol–water partition coefficient (Wildman–Crippen LogP) is 1.14. The quantitative estimate of drug-likeness (QED) is 0.801. The summed E-state index contributed by atoms with van der Waals surface area (Å²) in [7, 11) is 1.13. The zero-order chi connectivity index (χ0) is 13.0. The molecule has 0 saturated carbocycles. The fourth-order valence-corrected chi connectivity index (χ4v) is 1.35. The second kappa shape index (κ2) is 5.32. The molecule has 2 N–H and O–H groups in total. The van der Waals surface area contributed by atoms with E-state index in [4.69, 9.17) is 11.0 Å². The Morgan fingerprint density at radius 2 is 2.35 bits per heavy atom. The summed E-state index contributed by atoms with van der Waals surface area (Å²) < 4.78 is 29.6. The fourth-order valence-electron chi connectivity index (χ4n) is 1.35. The number of alkyl halides is 2. The Labute approximate surface area is 95.8 Å². The highest BCUT2D eigenvalue weighted by molar-refractivity contribution is 5.91. The number of ether oxygens (including phenoxy) is 1. The van der Waals surface area contributed by atoms with E-state index in [1.165, 1.54) is 0 Å². The Morgan fingerprint density at radius 1 is 1.71 bits per heavy atom. The maximum absolute atomic E-state index is 12.6. The Morgan fingerprint density at radius 3 is 2.76 bits per heavy atom. The first-order valence-electron chi connectivity index (χ1n) is 4.55. The molecule has 0 unspecified atom stereocenters. The summed E-state index contributed by atoms with van der Waals surface area (Å²) >= 11 is 0. The van der Waals surface area contributed by atoms with Crippen LogP contribution in [0.3, 0.4) is 0 Å². The summed E-state index contributed by atoms with van der Waals surface area (Å²) in [4.78, 5) is 14.7. The number of halogens is 2. The highest BCUT2D eigenvalue weighted by Crippen LogP contribution is 2.25. The van der Waals surface area contributed by atoms with Crippen LogP contribution in [0.15, 0.2) is 6.20 Å². The zero-order valence-corrected chi connectivity index (χ0v) is 8.91. The van der Waals surface area contributed by atoms with E-state index in [2.05, 4.69) is 9.72 Å². The highest BCUT2D eigenvalue weighted by atomic mass is 19.3. The van der Waals surface area contributed by atoms with E-state index in [1.54, 1.807) is 6.07 Å². The number of esters is 1. The summed E-state index contributed by atoms with van der Waals surface area (Å²) in [6.45, 7) is -0.227. The van der Waals surface area contributed by atoms with Gasteiger partial charge in [-0.05, 0) is 0 Å². The summed E-state index contributed by atoms with van der Waals surface area (Å²) in [5.74, 6) is -0.768. The lowest BCUT2D eigenvalue weighted by molar-refractivity contribution is 0.0598. The maximum atomic E-state index is 12.6. The van der Waals surface area contributed by atoms with Crippen molar-refractivity contribution in [1.29, 1.82) is 5.26 Å². The summed E-state index contributed by atoms with van der Waals surface area (Å²) in [6, 6.07) is 1.59. The average Bonchev–Trinajstić information content (AvgIpc) is 2.35. The molecule has 7 heteroatoms. The van der Waals surface area contributed by atoms with Crippen LogP contribution in [-0.4, -0.2) is 18.1 Å². The molecule has 5 nitrogen and oxygen atoms in total. The van der Waals surface area contributed by atoms with Crippen molar-refractivity contribution >= 4 is 5.97 Å². The third kappa shape index (κ3) is 2.37. The third-order valence-corrected chi connectivity index (χ3v) is 2.14. The minimum Gasteiger partial charge on any atom is -0.465 e. The van der Waals surface area contributed by atoms with Gasteiger partial charge in [0, 0.05) is 18.3 Å². The number of hydrogen-bond acceptors (Lipinski definition) is 5. The molecule has 0 aliphatic heterocycles. The van der Waals surface area contributed by atoms with E-state index >= 15 is 0 Å². The molecular formula is C10H9F2N3O2.